The maximum Gasteiger partial charge on any atom is 0.122 e. The van der Waals surface area contributed by atoms with Crippen LogP contribution in [0.15, 0.2) is 58.8 Å². The summed E-state index contributed by atoms with van der Waals surface area (Å²) in [5, 5.41) is 32.6. The van der Waals surface area contributed by atoms with Gasteiger partial charge < -0.3 is 25.0 Å². The van der Waals surface area contributed by atoms with Crippen LogP contribution in [0.1, 0.15) is 11.1 Å². The molecule has 0 aromatic heterocycles. The number of aliphatic hydroxyl groups is 1. The van der Waals surface area contributed by atoms with Crippen LogP contribution in [0.3, 0.4) is 0 Å². The van der Waals surface area contributed by atoms with Crippen molar-refractivity contribution < 1.29 is 25.0 Å². The number of rotatable bonds is 8. The largest absolute Gasteiger partial charge is 0.491 e. The summed E-state index contributed by atoms with van der Waals surface area (Å²) in [5.41, 5.74) is 1.48. The summed E-state index contributed by atoms with van der Waals surface area (Å²) in [6, 6.07) is 13.8. The number of benzene rings is 2. The normalized spacial score (nSPS) is 11.4. The molecule has 0 radical (unpaired) electrons. The first-order chi connectivity index (χ1) is 11.7. The van der Waals surface area contributed by atoms with E-state index in [2.05, 4.69) is 10.3 Å². The van der Waals surface area contributed by atoms with Crippen LogP contribution < -0.4 is 9.47 Å². The summed E-state index contributed by atoms with van der Waals surface area (Å²) in [6.45, 7) is 0.172. The lowest BCUT2D eigenvalue weighted by Crippen LogP contribution is -2.25. The van der Waals surface area contributed by atoms with Crippen molar-refractivity contribution in [3.05, 3.63) is 59.7 Å². The Bertz CT molecular complexity index is 609. The highest BCUT2D eigenvalue weighted by Crippen LogP contribution is 2.13. The van der Waals surface area contributed by atoms with Crippen molar-refractivity contribution in [3.63, 3.8) is 0 Å². The Morgan fingerprint density at radius 1 is 0.750 bits per heavy atom. The maximum absolute atomic E-state index is 9.89. The van der Waals surface area contributed by atoms with E-state index in [-0.39, 0.29) is 13.2 Å². The summed E-state index contributed by atoms with van der Waals surface area (Å²) in [5.74, 6) is 1.19. The zero-order valence-corrected chi connectivity index (χ0v) is 12.8. The molecule has 2 aromatic rings. The van der Waals surface area contributed by atoms with Crippen LogP contribution >= 0.6 is 0 Å². The van der Waals surface area contributed by atoms with Crippen LogP contribution in [0.4, 0.5) is 0 Å². The fourth-order valence-corrected chi connectivity index (χ4v) is 1.87. The fraction of sp³-hybridized carbons (Fsp3) is 0.176. The Morgan fingerprint density at radius 3 is 1.46 bits per heavy atom. The molecule has 0 heterocycles. The van der Waals surface area contributed by atoms with Gasteiger partial charge in [-0.2, -0.15) is 0 Å². The first kappa shape index (κ1) is 17.3. The molecule has 24 heavy (non-hydrogen) atoms. The van der Waals surface area contributed by atoms with E-state index in [0.29, 0.717) is 11.5 Å². The lowest BCUT2D eigenvalue weighted by molar-refractivity contribution is 0.0626. The van der Waals surface area contributed by atoms with Gasteiger partial charge in [0.15, 0.2) is 0 Å². The highest BCUT2D eigenvalue weighted by Gasteiger charge is 2.07. The highest BCUT2D eigenvalue weighted by molar-refractivity contribution is 5.79. The third-order valence-electron chi connectivity index (χ3n) is 3.06. The minimum Gasteiger partial charge on any atom is -0.491 e. The van der Waals surface area contributed by atoms with E-state index in [1.807, 2.05) is 0 Å². The molecule has 0 spiro atoms. The van der Waals surface area contributed by atoms with Crippen molar-refractivity contribution in [2.45, 2.75) is 6.10 Å². The average molecular weight is 330 g/mol. The van der Waals surface area contributed by atoms with Gasteiger partial charge in [0, 0.05) is 0 Å². The molecule has 0 fully saturated rings. The molecule has 0 bridgehead atoms. The molecule has 7 heteroatoms. The van der Waals surface area contributed by atoms with Gasteiger partial charge in [-0.05, 0) is 59.7 Å². The van der Waals surface area contributed by atoms with Gasteiger partial charge in [0.05, 0.1) is 12.4 Å². The van der Waals surface area contributed by atoms with Crippen LogP contribution in [0.5, 0.6) is 11.5 Å². The topological polar surface area (TPSA) is 104 Å². The van der Waals surface area contributed by atoms with Gasteiger partial charge in [-0.15, -0.1) is 0 Å². The van der Waals surface area contributed by atoms with Crippen LogP contribution in [0, 0.1) is 0 Å². The molecule has 0 saturated heterocycles. The molecule has 0 unspecified atom stereocenters. The van der Waals surface area contributed by atoms with E-state index in [9.17, 15) is 5.11 Å². The van der Waals surface area contributed by atoms with Gasteiger partial charge in [0.2, 0.25) is 0 Å². The average Bonchev–Trinajstić information content (AvgIpc) is 2.61. The van der Waals surface area contributed by atoms with E-state index in [1.165, 1.54) is 12.4 Å². The molecule has 0 aliphatic heterocycles. The molecule has 0 saturated carbocycles. The summed E-state index contributed by atoms with van der Waals surface area (Å²) in [6.07, 6.45) is 1.83. The Labute approximate surface area is 139 Å². The second-order valence-electron chi connectivity index (χ2n) is 4.90. The number of hydrogen-bond acceptors (Lipinski definition) is 7. The lowest BCUT2D eigenvalue weighted by Gasteiger charge is -2.13. The van der Waals surface area contributed by atoms with Gasteiger partial charge in [-0.25, -0.2) is 0 Å². The predicted molar refractivity (Wildman–Crippen MR) is 88.6 cm³/mol. The van der Waals surface area contributed by atoms with Gasteiger partial charge in [-0.3, -0.25) is 0 Å². The summed E-state index contributed by atoms with van der Waals surface area (Å²) >= 11 is 0. The second kappa shape index (κ2) is 9.16. The van der Waals surface area contributed by atoms with Crippen LogP contribution in [0.2, 0.25) is 0 Å². The molecule has 0 atom stereocenters. The molecule has 3 N–H and O–H groups in total. The van der Waals surface area contributed by atoms with Crippen molar-refractivity contribution in [1.29, 1.82) is 0 Å². The minimum absolute atomic E-state index is 0.0860. The van der Waals surface area contributed by atoms with E-state index in [4.69, 9.17) is 19.9 Å². The van der Waals surface area contributed by atoms with Crippen molar-refractivity contribution in [2.75, 3.05) is 13.2 Å². The Kier molecular flexibility index (Phi) is 6.60. The number of oxime groups is 2. The monoisotopic (exact) mass is 330 g/mol. The summed E-state index contributed by atoms with van der Waals surface area (Å²) in [7, 11) is 0. The lowest BCUT2D eigenvalue weighted by atomic mass is 10.2. The van der Waals surface area contributed by atoms with E-state index in [1.54, 1.807) is 48.5 Å². The van der Waals surface area contributed by atoms with Crippen molar-refractivity contribution >= 4 is 12.4 Å². The van der Waals surface area contributed by atoms with Crippen LogP contribution in [0.25, 0.3) is 0 Å². The number of aliphatic hydroxyl groups excluding tert-OH is 1. The number of hydrogen-bond donors (Lipinski definition) is 3. The smallest absolute Gasteiger partial charge is 0.122 e. The van der Waals surface area contributed by atoms with Crippen molar-refractivity contribution in [3.8, 4) is 11.5 Å². The molecule has 2 aromatic carbocycles. The molecule has 126 valence electrons. The SMILES string of the molecule is O/N=C/c1ccc(OCC(O)COc2ccc(/C=N/O)cc2)cc1. The molecule has 7 nitrogen and oxygen atoms in total. The van der Waals surface area contributed by atoms with Gasteiger partial charge >= 0.3 is 0 Å². The third kappa shape index (κ3) is 5.62. The predicted octanol–water partition coefficient (Wildman–Crippen LogP) is 2.12. The molecular formula is C17H18N2O5. The first-order valence-corrected chi connectivity index (χ1v) is 7.20. The Hall–Kier alpha value is -3.06. The standard InChI is InChI=1S/C17H18N2O5/c20-15(11-23-16-5-1-13(2-6-16)9-18-21)12-24-17-7-3-14(4-8-17)10-19-22/h1-10,15,20-22H,11-12H2/b18-9+,19-10+. The van der Waals surface area contributed by atoms with Gasteiger partial charge in [-0.1, -0.05) is 10.3 Å². The molecule has 2 rings (SSSR count). The summed E-state index contributed by atoms with van der Waals surface area (Å²) < 4.78 is 10.9. The number of nitrogens with zero attached hydrogens (tertiary/aromatic N) is 2. The van der Waals surface area contributed by atoms with Gasteiger partial charge in [0.1, 0.15) is 30.8 Å². The molecule has 0 aliphatic rings. The van der Waals surface area contributed by atoms with E-state index >= 15 is 0 Å². The van der Waals surface area contributed by atoms with Gasteiger partial charge in [0.25, 0.3) is 0 Å². The van der Waals surface area contributed by atoms with Crippen LogP contribution in [-0.2, 0) is 0 Å². The quantitative estimate of drug-likeness (QED) is 0.391. The minimum atomic E-state index is -0.789. The highest BCUT2D eigenvalue weighted by atomic mass is 16.5. The molecule has 0 aliphatic carbocycles. The second-order valence-corrected chi connectivity index (χ2v) is 4.90. The van der Waals surface area contributed by atoms with Crippen LogP contribution in [-0.4, -0.2) is 47.3 Å². The Morgan fingerprint density at radius 2 is 1.12 bits per heavy atom. The molecular weight excluding hydrogens is 312 g/mol. The van der Waals surface area contributed by atoms with Crippen molar-refractivity contribution in [1.82, 2.24) is 0 Å². The van der Waals surface area contributed by atoms with E-state index in [0.717, 1.165) is 11.1 Å². The third-order valence-corrected chi connectivity index (χ3v) is 3.06. The van der Waals surface area contributed by atoms with Crippen molar-refractivity contribution in [2.24, 2.45) is 10.3 Å². The zero-order chi connectivity index (χ0) is 17.2. The van der Waals surface area contributed by atoms with E-state index < -0.39 is 6.10 Å². The first-order valence-electron chi connectivity index (χ1n) is 7.20. The zero-order valence-electron chi connectivity index (χ0n) is 12.8. The fourth-order valence-electron chi connectivity index (χ4n) is 1.87. The summed E-state index contributed by atoms with van der Waals surface area (Å²) in [4.78, 5) is 0. The maximum atomic E-state index is 9.89. The Balaban J connectivity index is 1.75. The molecule has 0 amide bonds. The number of ether oxygens (including phenoxy) is 2.